The fourth-order valence-electron chi connectivity index (χ4n) is 2.83. The Morgan fingerprint density at radius 3 is 3.04 bits per heavy atom. The summed E-state index contributed by atoms with van der Waals surface area (Å²) in [7, 11) is 0. The first-order valence-electron chi connectivity index (χ1n) is 7.69. The summed E-state index contributed by atoms with van der Waals surface area (Å²) in [4.78, 5) is 29.0. The van der Waals surface area contributed by atoms with Gasteiger partial charge < -0.3 is 10.6 Å². The normalized spacial score (nSPS) is 20.4. The van der Waals surface area contributed by atoms with Gasteiger partial charge in [0, 0.05) is 17.1 Å². The molecule has 130 valence electrons. The monoisotopic (exact) mass is 414 g/mol. The standard InChI is InChI=1S/C16H19BrN4O2.ClH/c1-10-4-5-18-7-14(10)20-15(22)8-21-9-19-13-3-2-11(17)6-12(13)16(21)23;/h2-3,6,9-10,14,18H,4-5,7-8H2,1H3,(H,20,22);1H. The zero-order valence-corrected chi connectivity index (χ0v) is 15.7. The lowest BCUT2D eigenvalue weighted by molar-refractivity contribution is -0.122. The number of carbonyl (C=O) groups excluding carboxylic acids is 1. The summed E-state index contributed by atoms with van der Waals surface area (Å²) >= 11 is 3.35. The number of nitrogens with zero attached hydrogens (tertiary/aromatic N) is 2. The lowest BCUT2D eigenvalue weighted by atomic mass is 9.95. The van der Waals surface area contributed by atoms with E-state index in [4.69, 9.17) is 0 Å². The molecule has 0 saturated carbocycles. The minimum absolute atomic E-state index is 0. The number of piperidine rings is 1. The summed E-state index contributed by atoms with van der Waals surface area (Å²) in [5.41, 5.74) is 0.418. The molecule has 0 aliphatic carbocycles. The van der Waals surface area contributed by atoms with Crippen molar-refractivity contribution < 1.29 is 4.79 Å². The number of aromatic nitrogens is 2. The van der Waals surface area contributed by atoms with Crippen molar-refractivity contribution in [1.82, 2.24) is 20.2 Å². The highest BCUT2D eigenvalue weighted by Crippen LogP contribution is 2.15. The van der Waals surface area contributed by atoms with Crippen molar-refractivity contribution in [3.63, 3.8) is 0 Å². The molecule has 0 radical (unpaired) electrons. The van der Waals surface area contributed by atoms with Crippen LogP contribution in [0.2, 0.25) is 0 Å². The van der Waals surface area contributed by atoms with Crippen LogP contribution in [0.3, 0.4) is 0 Å². The van der Waals surface area contributed by atoms with E-state index >= 15 is 0 Å². The molecule has 1 aromatic carbocycles. The quantitative estimate of drug-likeness (QED) is 0.800. The van der Waals surface area contributed by atoms with Gasteiger partial charge in [0.25, 0.3) is 5.56 Å². The van der Waals surface area contributed by atoms with Crippen LogP contribution >= 0.6 is 28.3 Å². The van der Waals surface area contributed by atoms with Gasteiger partial charge >= 0.3 is 0 Å². The van der Waals surface area contributed by atoms with Gasteiger partial charge in [-0.15, -0.1) is 12.4 Å². The number of hydrogen-bond acceptors (Lipinski definition) is 4. The summed E-state index contributed by atoms with van der Waals surface area (Å²) in [5.74, 6) is 0.270. The van der Waals surface area contributed by atoms with Gasteiger partial charge in [0.2, 0.25) is 5.91 Å². The molecule has 2 aromatic rings. The molecule has 6 nitrogen and oxygen atoms in total. The lowest BCUT2D eigenvalue weighted by Gasteiger charge is -2.30. The van der Waals surface area contributed by atoms with Gasteiger partial charge in [0.15, 0.2) is 0 Å². The second kappa shape index (κ2) is 8.09. The minimum atomic E-state index is -0.207. The number of carbonyl (C=O) groups is 1. The third kappa shape index (κ3) is 4.15. The molecule has 1 aliphatic rings. The van der Waals surface area contributed by atoms with Crippen molar-refractivity contribution in [2.45, 2.75) is 25.9 Å². The minimum Gasteiger partial charge on any atom is -0.350 e. The third-order valence-electron chi connectivity index (χ3n) is 4.27. The summed E-state index contributed by atoms with van der Waals surface area (Å²) in [6.45, 7) is 3.87. The topological polar surface area (TPSA) is 76.0 Å². The number of nitrogens with one attached hydrogen (secondary N) is 2. The molecule has 0 spiro atoms. The molecule has 2 heterocycles. The first-order chi connectivity index (χ1) is 11.0. The van der Waals surface area contributed by atoms with Crippen molar-refractivity contribution in [2.24, 2.45) is 5.92 Å². The van der Waals surface area contributed by atoms with Gasteiger partial charge in [0.05, 0.1) is 17.2 Å². The van der Waals surface area contributed by atoms with E-state index in [1.807, 2.05) is 6.07 Å². The summed E-state index contributed by atoms with van der Waals surface area (Å²) in [5, 5.41) is 6.78. The SMILES string of the molecule is CC1CCNCC1NC(=O)Cn1cnc2ccc(Br)cc2c1=O.Cl. The van der Waals surface area contributed by atoms with Crippen LogP contribution in [0, 0.1) is 5.92 Å². The van der Waals surface area contributed by atoms with Gasteiger partial charge in [-0.1, -0.05) is 22.9 Å². The van der Waals surface area contributed by atoms with E-state index in [1.165, 1.54) is 10.9 Å². The number of amides is 1. The van der Waals surface area contributed by atoms with Gasteiger partial charge in [0.1, 0.15) is 6.54 Å². The second-order valence-corrected chi connectivity index (χ2v) is 6.90. The molecule has 1 saturated heterocycles. The highest BCUT2D eigenvalue weighted by atomic mass is 79.9. The predicted molar refractivity (Wildman–Crippen MR) is 99.5 cm³/mol. The summed E-state index contributed by atoms with van der Waals surface area (Å²) in [6, 6.07) is 5.45. The number of benzene rings is 1. The molecule has 1 fully saturated rings. The molecule has 1 aliphatic heterocycles. The van der Waals surface area contributed by atoms with Gasteiger partial charge in [-0.3, -0.25) is 14.2 Å². The van der Waals surface area contributed by atoms with E-state index in [1.54, 1.807) is 12.1 Å². The van der Waals surface area contributed by atoms with E-state index in [0.29, 0.717) is 16.8 Å². The van der Waals surface area contributed by atoms with Crippen molar-refractivity contribution in [1.29, 1.82) is 0 Å². The third-order valence-corrected chi connectivity index (χ3v) is 4.77. The Labute approximate surface area is 154 Å². The fraction of sp³-hybridized carbons (Fsp3) is 0.438. The molecule has 2 N–H and O–H groups in total. The van der Waals surface area contributed by atoms with Gasteiger partial charge in [-0.2, -0.15) is 0 Å². The van der Waals surface area contributed by atoms with Crippen LogP contribution in [0.15, 0.2) is 33.8 Å². The molecule has 24 heavy (non-hydrogen) atoms. The van der Waals surface area contributed by atoms with Gasteiger partial charge in [-0.05, 0) is 37.1 Å². The largest absolute Gasteiger partial charge is 0.350 e. The first kappa shape index (κ1) is 18.9. The fourth-order valence-corrected chi connectivity index (χ4v) is 3.19. The molecule has 2 unspecified atom stereocenters. The lowest BCUT2D eigenvalue weighted by Crippen LogP contribution is -2.51. The maximum Gasteiger partial charge on any atom is 0.261 e. The molecule has 3 rings (SSSR count). The molecule has 1 aromatic heterocycles. The predicted octanol–water partition coefficient (Wildman–Crippen LogP) is 1.70. The van der Waals surface area contributed by atoms with E-state index in [0.717, 1.165) is 24.0 Å². The van der Waals surface area contributed by atoms with E-state index < -0.39 is 0 Å². The Balaban J connectivity index is 0.00000208. The first-order valence-corrected chi connectivity index (χ1v) is 8.48. The highest BCUT2D eigenvalue weighted by Gasteiger charge is 2.22. The number of fused-ring (bicyclic) bond motifs is 1. The van der Waals surface area contributed by atoms with Crippen LogP contribution in [-0.2, 0) is 11.3 Å². The zero-order chi connectivity index (χ0) is 16.4. The van der Waals surface area contributed by atoms with Crippen LogP contribution in [0.5, 0.6) is 0 Å². The smallest absolute Gasteiger partial charge is 0.261 e. The zero-order valence-electron chi connectivity index (χ0n) is 13.3. The van der Waals surface area contributed by atoms with Crippen LogP contribution in [0.1, 0.15) is 13.3 Å². The Kier molecular flexibility index (Phi) is 6.37. The average Bonchev–Trinajstić information content (AvgIpc) is 2.53. The Morgan fingerprint density at radius 1 is 1.50 bits per heavy atom. The molecular weight excluding hydrogens is 396 g/mol. The maximum atomic E-state index is 12.5. The summed E-state index contributed by atoms with van der Waals surface area (Å²) < 4.78 is 2.17. The number of hydrogen-bond donors (Lipinski definition) is 2. The maximum absolute atomic E-state index is 12.5. The van der Waals surface area contributed by atoms with Crippen LogP contribution in [0.25, 0.3) is 10.9 Å². The van der Waals surface area contributed by atoms with Gasteiger partial charge in [-0.25, -0.2) is 4.98 Å². The average molecular weight is 416 g/mol. The molecule has 1 amide bonds. The summed E-state index contributed by atoms with van der Waals surface area (Å²) in [6.07, 6.45) is 2.47. The van der Waals surface area contributed by atoms with Crippen LogP contribution in [0.4, 0.5) is 0 Å². The Hall–Kier alpha value is -1.44. The number of rotatable bonds is 3. The van der Waals surface area contributed by atoms with Crippen molar-refractivity contribution >= 4 is 45.1 Å². The molecule has 2 atom stereocenters. The van der Waals surface area contributed by atoms with Crippen LogP contribution < -0.4 is 16.2 Å². The highest BCUT2D eigenvalue weighted by molar-refractivity contribution is 9.10. The number of halogens is 2. The van der Waals surface area contributed by atoms with E-state index in [-0.39, 0.29) is 36.5 Å². The second-order valence-electron chi connectivity index (χ2n) is 5.98. The Morgan fingerprint density at radius 2 is 2.29 bits per heavy atom. The van der Waals surface area contributed by atoms with E-state index in [9.17, 15) is 9.59 Å². The Bertz CT molecular complexity index is 795. The molecular formula is C16H20BrClN4O2. The molecule has 0 bridgehead atoms. The van der Waals surface area contributed by atoms with E-state index in [2.05, 4.69) is 38.5 Å². The van der Waals surface area contributed by atoms with Crippen molar-refractivity contribution in [3.05, 3.63) is 39.4 Å². The molecule has 8 heteroatoms. The van der Waals surface area contributed by atoms with Crippen LogP contribution in [-0.4, -0.2) is 34.6 Å². The van der Waals surface area contributed by atoms with Crippen molar-refractivity contribution in [3.8, 4) is 0 Å². The van der Waals surface area contributed by atoms with Crippen molar-refractivity contribution in [2.75, 3.05) is 13.1 Å².